The maximum absolute atomic E-state index is 10.7. The summed E-state index contributed by atoms with van der Waals surface area (Å²) in [5.41, 5.74) is 1.08. The molecule has 74 valence electrons. The predicted octanol–water partition coefficient (Wildman–Crippen LogP) is 0.870. The van der Waals surface area contributed by atoms with Crippen LogP contribution in [0.1, 0.15) is 10.9 Å². The lowest BCUT2D eigenvalue weighted by molar-refractivity contribution is -0.138. The predicted molar refractivity (Wildman–Crippen MR) is 54.0 cm³/mol. The molecule has 1 aliphatic heterocycles. The van der Waals surface area contributed by atoms with E-state index in [4.69, 9.17) is 5.11 Å². The van der Waals surface area contributed by atoms with Crippen molar-refractivity contribution in [2.45, 2.75) is 11.4 Å². The molecule has 0 saturated carbocycles. The smallest absolute Gasteiger partial charge is 0.321 e. The van der Waals surface area contributed by atoms with Gasteiger partial charge < -0.3 is 5.11 Å². The van der Waals surface area contributed by atoms with Gasteiger partial charge in [0.1, 0.15) is 6.04 Å². The van der Waals surface area contributed by atoms with E-state index in [0.29, 0.717) is 5.75 Å². The minimum absolute atomic E-state index is 0.0825. The fraction of sp³-hybridized carbons (Fsp3) is 0.333. The number of aliphatic carboxylic acids is 1. The third-order valence-corrected chi connectivity index (χ3v) is 3.36. The van der Waals surface area contributed by atoms with E-state index in [1.807, 2.05) is 12.1 Å². The molecule has 0 radical (unpaired) electrons. The molecule has 0 amide bonds. The number of carboxylic acids is 1. The summed E-state index contributed by atoms with van der Waals surface area (Å²) in [7, 11) is 0. The second-order valence-electron chi connectivity index (χ2n) is 3.05. The molecule has 5 heteroatoms. The highest BCUT2D eigenvalue weighted by molar-refractivity contribution is 7.99. The van der Waals surface area contributed by atoms with E-state index >= 15 is 0 Å². The van der Waals surface area contributed by atoms with Crippen LogP contribution in [-0.2, 0) is 4.79 Å². The molecule has 1 unspecified atom stereocenters. The average Bonchev–Trinajstić information content (AvgIpc) is 2.68. The monoisotopic (exact) mass is 210 g/mol. The van der Waals surface area contributed by atoms with Crippen LogP contribution in [0.5, 0.6) is 0 Å². The van der Waals surface area contributed by atoms with E-state index in [1.54, 1.807) is 24.2 Å². The molecule has 1 aliphatic rings. The molecule has 2 atom stereocenters. The van der Waals surface area contributed by atoms with E-state index < -0.39 is 12.0 Å². The van der Waals surface area contributed by atoms with E-state index in [1.165, 1.54) is 0 Å². The molecule has 14 heavy (non-hydrogen) atoms. The maximum Gasteiger partial charge on any atom is 0.321 e. The van der Waals surface area contributed by atoms with Gasteiger partial charge in [0, 0.05) is 18.1 Å². The van der Waals surface area contributed by atoms with Crippen LogP contribution in [0.4, 0.5) is 0 Å². The van der Waals surface area contributed by atoms with Crippen molar-refractivity contribution in [2.24, 2.45) is 0 Å². The minimum atomic E-state index is -0.783. The Balaban J connectivity index is 2.06. The highest BCUT2D eigenvalue weighted by atomic mass is 32.2. The van der Waals surface area contributed by atoms with Gasteiger partial charge in [-0.3, -0.25) is 15.1 Å². The molecular weight excluding hydrogens is 200 g/mol. The van der Waals surface area contributed by atoms with E-state index in [-0.39, 0.29) is 5.37 Å². The quantitative estimate of drug-likeness (QED) is 0.758. The topological polar surface area (TPSA) is 62.2 Å². The van der Waals surface area contributed by atoms with Gasteiger partial charge in [-0.25, -0.2) is 0 Å². The molecule has 0 bridgehead atoms. The van der Waals surface area contributed by atoms with Crippen molar-refractivity contribution in [3.63, 3.8) is 0 Å². The normalized spacial score (nSPS) is 26.3. The zero-order valence-electron chi connectivity index (χ0n) is 7.38. The van der Waals surface area contributed by atoms with Crippen LogP contribution < -0.4 is 5.32 Å². The number of rotatable bonds is 2. The summed E-state index contributed by atoms with van der Waals surface area (Å²) in [4.78, 5) is 14.6. The Morgan fingerprint density at radius 3 is 2.86 bits per heavy atom. The highest BCUT2D eigenvalue weighted by Crippen LogP contribution is 2.32. The number of hydrogen-bond donors (Lipinski definition) is 2. The SMILES string of the molecule is O=C(O)[C@H]1CSC(c2ccncc2)N1. The van der Waals surface area contributed by atoms with Crippen LogP contribution in [-0.4, -0.2) is 27.9 Å². The first-order chi connectivity index (χ1) is 6.77. The van der Waals surface area contributed by atoms with Crippen LogP contribution in [0.2, 0.25) is 0 Å². The highest BCUT2D eigenvalue weighted by Gasteiger charge is 2.29. The number of aromatic nitrogens is 1. The number of pyridine rings is 1. The van der Waals surface area contributed by atoms with Gasteiger partial charge in [-0.1, -0.05) is 0 Å². The van der Waals surface area contributed by atoms with Crippen molar-refractivity contribution < 1.29 is 9.90 Å². The van der Waals surface area contributed by atoms with Crippen molar-refractivity contribution in [2.75, 3.05) is 5.75 Å². The zero-order valence-corrected chi connectivity index (χ0v) is 8.20. The lowest BCUT2D eigenvalue weighted by Gasteiger charge is -2.10. The molecule has 1 aromatic rings. The molecule has 2 rings (SSSR count). The molecule has 0 aliphatic carbocycles. The van der Waals surface area contributed by atoms with E-state index in [0.717, 1.165) is 5.56 Å². The molecule has 2 heterocycles. The number of carbonyl (C=O) groups is 1. The van der Waals surface area contributed by atoms with Crippen molar-refractivity contribution in [3.05, 3.63) is 30.1 Å². The van der Waals surface area contributed by atoms with Gasteiger partial charge in [0.15, 0.2) is 0 Å². The third-order valence-electron chi connectivity index (χ3n) is 2.09. The number of hydrogen-bond acceptors (Lipinski definition) is 4. The van der Waals surface area contributed by atoms with Crippen LogP contribution >= 0.6 is 11.8 Å². The first-order valence-electron chi connectivity index (χ1n) is 4.28. The summed E-state index contributed by atoms with van der Waals surface area (Å²) in [6.45, 7) is 0. The Bertz CT molecular complexity index is 331. The number of thioether (sulfide) groups is 1. The van der Waals surface area contributed by atoms with Crippen LogP contribution in [0.15, 0.2) is 24.5 Å². The maximum atomic E-state index is 10.7. The lowest BCUT2D eigenvalue weighted by Crippen LogP contribution is -2.33. The van der Waals surface area contributed by atoms with Gasteiger partial charge in [0.25, 0.3) is 0 Å². The fourth-order valence-corrected chi connectivity index (χ4v) is 2.58. The Labute approximate surface area is 85.7 Å². The molecule has 1 saturated heterocycles. The van der Waals surface area contributed by atoms with Crippen molar-refractivity contribution in [1.29, 1.82) is 0 Å². The second-order valence-corrected chi connectivity index (χ2v) is 4.19. The zero-order chi connectivity index (χ0) is 9.97. The van der Waals surface area contributed by atoms with Gasteiger partial charge in [0.2, 0.25) is 0 Å². The number of nitrogens with one attached hydrogen (secondary N) is 1. The Morgan fingerprint density at radius 2 is 2.29 bits per heavy atom. The largest absolute Gasteiger partial charge is 0.480 e. The Hall–Kier alpha value is -1.07. The Morgan fingerprint density at radius 1 is 1.57 bits per heavy atom. The Kier molecular flexibility index (Phi) is 2.69. The number of carboxylic acid groups (broad SMARTS) is 1. The molecule has 1 aromatic heterocycles. The summed E-state index contributed by atoms with van der Waals surface area (Å²) in [5.74, 6) is -0.170. The molecule has 0 spiro atoms. The van der Waals surface area contributed by atoms with Crippen molar-refractivity contribution in [1.82, 2.24) is 10.3 Å². The van der Waals surface area contributed by atoms with Crippen LogP contribution in [0.3, 0.4) is 0 Å². The first kappa shape index (κ1) is 9.48. The summed E-state index contributed by atoms with van der Waals surface area (Å²) >= 11 is 1.61. The number of nitrogens with zero attached hydrogens (tertiary/aromatic N) is 1. The van der Waals surface area contributed by atoms with Crippen LogP contribution in [0, 0.1) is 0 Å². The van der Waals surface area contributed by atoms with E-state index in [9.17, 15) is 4.79 Å². The molecule has 1 fully saturated rings. The summed E-state index contributed by atoms with van der Waals surface area (Å²) in [6, 6.07) is 3.36. The summed E-state index contributed by atoms with van der Waals surface area (Å²) in [6.07, 6.45) is 3.43. The lowest BCUT2D eigenvalue weighted by atomic mass is 10.2. The average molecular weight is 210 g/mol. The van der Waals surface area contributed by atoms with E-state index in [2.05, 4.69) is 10.3 Å². The summed E-state index contributed by atoms with van der Waals surface area (Å²) in [5, 5.41) is 11.9. The van der Waals surface area contributed by atoms with Gasteiger partial charge in [-0.2, -0.15) is 0 Å². The molecule has 0 aromatic carbocycles. The molecule has 2 N–H and O–H groups in total. The van der Waals surface area contributed by atoms with Gasteiger partial charge in [-0.05, 0) is 17.7 Å². The third kappa shape index (κ3) is 1.88. The van der Waals surface area contributed by atoms with Gasteiger partial charge in [0.05, 0.1) is 5.37 Å². The minimum Gasteiger partial charge on any atom is -0.480 e. The second kappa shape index (κ2) is 3.98. The van der Waals surface area contributed by atoms with Crippen molar-refractivity contribution >= 4 is 17.7 Å². The summed E-state index contributed by atoms with van der Waals surface area (Å²) < 4.78 is 0. The van der Waals surface area contributed by atoms with Gasteiger partial charge in [-0.15, -0.1) is 11.8 Å². The fourth-order valence-electron chi connectivity index (χ4n) is 1.34. The standard InChI is InChI=1S/C9H10N2O2S/c12-9(13)7-5-14-8(11-7)6-1-3-10-4-2-6/h1-4,7-8,11H,5H2,(H,12,13)/t7-,8?/m1/s1. The molecule has 4 nitrogen and oxygen atoms in total. The van der Waals surface area contributed by atoms with Gasteiger partial charge >= 0.3 is 5.97 Å². The molecular formula is C9H10N2O2S. The van der Waals surface area contributed by atoms with Crippen LogP contribution in [0.25, 0.3) is 0 Å². The van der Waals surface area contributed by atoms with Crippen molar-refractivity contribution in [3.8, 4) is 0 Å². The first-order valence-corrected chi connectivity index (χ1v) is 5.32.